The number of nitrogens with one attached hydrogen (secondary N) is 2. The number of amides is 2. The predicted molar refractivity (Wildman–Crippen MR) is 121 cm³/mol. The van der Waals surface area contributed by atoms with E-state index in [-0.39, 0.29) is 12.6 Å². The van der Waals surface area contributed by atoms with Gasteiger partial charge in [-0.15, -0.1) is 0 Å². The van der Waals surface area contributed by atoms with Gasteiger partial charge in [0.2, 0.25) is 0 Å². The minimum absolute atomic E-state index is 0.0278. The highest BCUT2D eigenvalue weighted by Gasteiger charge is 2.25. The standard InChI is InChI=1S/C23H29ClN4O3/c1-27-11-13-28(14-12-27)21(17-7-9-19(31-2)10-8-17)16-26-23(30)22(29)25-15-18-5-3-4-6-20(18)24/h3-10,21H,11-16H2,1-2H3,(H,25,29)(H,26,30)/t21-/m0/s1. The van der Waals surface area contributed by atoms with Gasteiger partial charge in [-0.25, -0.2) is 0 Å². The first-order valence-corrected chi connectivity index (χ1v) is 10.7. The molecule has 2 aromatic rings. The highest BCUT2D eigenvalue weighted by molar-refractivity contribution is 6.35. The van der Waals surface area contributed by atoms with E-state index in [1.54, 1.807) is 13.2 Å². The maximum Gasteiger partial charge on any atom is 0.309 e. The van der Waals surface area contributed by atoms with E-state index in [9.17, 15) is 9.59 Å². The number of ether oxygens (including phenoxy) is 1. The van der Waals surface area contributed by atoms with Crippen LogP contribution in [-0.4, -0.2) is 68.5 Å². The van der Waals surface area contributed by atoms with Gasteiger partial charge in [0.05, 0.1) is 13.2 Å². The lowest BCUT2D eigenvalue weighted by Gasteiger charge is -2.38. The van der Waals surface area contributed by atoms with Gasteiger partial charge in [0, 0.05) is 44.3 Å². The van der Waals surface area contributed by atoms with E-state index < -0.39 is 11.8 Å². The molecule has 0 saturated carbocycles. The Morgan fingerprint density at radius 1 is 1.00 bits per heavy atom. The Hall–Kier alpha value is -2.61. The van der Waals surface area contributed by atoms with Crippen LogP contribution in [0.4, 0.5) is 0 Å². The van der Waals surface area contributed by atoms with Crippen LogP contribution in [-0.2, 0) is 16.1 Å². The molecule has 1 aliphatic heterocycles. The largest absolute Gasteiger partial charge is 0.497 e. The number of methoxy groups -OCH3 is 1. The van der Waals surface area contributed by atoms with Crippen LogP contribution in [0, 0.1) is 0 Å². The fourth-order valence-corrected chi connectivity index (χ4v) is 3.79. The van der Waals surface area contributed by atoms with Crippen LogP contribution >= 0.6 is 11.6 Å². The first-order chi connectivity index (χ1) is 15.0. The molecule has 0 spiro atoms. The average Bonchev–Trinajstić information content (AvgIpc) is 2.79. The van der Waals surface area contributed by atoms with Gasteiger partial charge in [-0.1, -0.05) is 41.9 Å². The second-order valence-electron chi connectivity index (χ2n) is 7.61. The van der Waals surface area contributed by atoms with Gasteiger partial charge in [-0.05, 0) is 36.4 Å². The molecule has 3 rings (SSSR count). The van der Waals surface area contributed by atoms with Gasteiger partial charge in [-0.3, -0.25) is 14.5 Å². The number of nitrogens with zero attached hydrogens (tertiary/aromatic N) is 2. The van der Waals surface area contributed by atoms with Crippen molar-refractivity contribution in [2.75, 3.05) is 46.9 Å². The molecule has 31 heavy (non-hydrogen) atoms. The number of hydrogen-bond donors (Lipinski definition) is 2. The quantitative estimate of drug-likeness (QED) is 0.639. The summed E-state index contributed by atoms with van der Waals surface area (Å²) in [7, 11) is 3.74. The fourth-order valence-electron chi connectivity index (χ4n) is 3.58. The lowest BCUT2D eigenvalue weighted by molar-refractivity contribution is -0.139. The summed E-state index contributed by atoms with van der Waals surface area (Å²) >= 11 is 6.11. The predicted octanol–water partition coefficient (Wildman–Crippen LogP) is 2.07. The molecule has 1 aliphatic rings. The van der Waals surface area contributed by atoms with E-state index in [4.69, 9.17) is 16.3 Å². The van der Waals surface area contributed by atoms with Crippen LogP contribution in [0.15, 0.2) is 48.5 Å². The molecule has 166 valence electrons. The molecular weight excluding hydrogens is 416 g/mol. The normalized spacial score (nSPS) is 15.8. The van der Waals surface area contributed by atoms with Crippen molar-refractivity contribution in [1.82, 2.24) is 20.4 Å². The summed E-state index contributed by atoms with van der Waals surface area (Å²) in [5.74, 6) is -0.546. The number of benzene rings is 2. The minimum atomic E-state index is -0.674. The van der Waals surface area contributed by atoms with Crippen LogP contribution in [0.3, 0.4) is 0 Å². The van der Waals surface area contributed by atoms with Crippen molar-refractivity contribution in [1.29, 1.82) is 0 Å². The Balaban J connectivity index is 1.61. The smallest absolute Gasteiger partial charge is 0.309 e. The molecule has 0 aromatic heterocycles. The van der Waals surface area contributed by atoms with Crippen molar-refractivity contribution in [3.63, 3.8) is 0 Å². The van der Waals surface area contributed by atoms with Gasteiger partial charge in [0.25, 0.3) is 0 Å². The number of piperazine rings is 1. The van der Waals surface area contributed by atoms with E-state index in [1.807, 2.05) is 42.5 Å². The maximum absolute atomic E-state index is 12.4. The lowest BCUT2D eigenvalue weighted by Crippen LogP contribution is -2.49. The number of carbonyl (C=O) groups excluding carboxylic acids is 2. The second kappa shape index (κ2) is 11.1. The summed E-state index contributed by atoms with van der Waals surface area (Å²) in [4.78, 5) is 29.3. The summed E-state index contributed by atoms with van der Waals surface area (Å²) in [6, 6.07) is 15.0. The Labute approximate surface area is 188 Å². The highest BCUT2D eigenvalue weighted by Crippen LogP contribution is 2.24. The van der Waals surface area contributed by atoms with Crippen molar-refractivity contribution in [2.45, 2.75) is 12.6 Å². The molecule has 0 bridgehead atoms. The van der Waals surface area contributed by atoms with Crippen molar-refractivity contribution < 1.29 is 14.3 Å². The van der Waals surface area contributed by atoms with Crippen molar-refractivity contribution in [2.24, 2.45) is 0 Å². The van der Waals surface area contributed by atoms with E-state index >= 15 is 0 Å². The van der Waals surface area contributed by atoms with Crippen LogP contribution in [0.25, 0.3) is 0 Å². The third-order valence-electron chi connectivity index (χ3n) is 5.54. The Morgan fingerprint density at radius 2 is 1.65 bits per heavy atom. The zero-order valence-corrected chi connectivity index (χ0v) is 18.7. The van der Waals surface area contributed by atoms with Crippen LogP contribution in [0.5, 0.6) is 5.75 Å². The molecule has 8 heteroatoms. The highest BCUT2D eigenvalue weighted by atomic mass is 35.5. The van der Waals surface area contributed by atoms with Crippen LogP contribution < -0.4 is 15.4 Å². The molecule has 2 aromatic carbocycles. The fraction of sp³-hybridized carbons (Fsp3) is 0.391. The van der Waals surface area contributed by atoms with Crippen molar-refractivity contribution in [3.05, 3.63) is 64.7 Å². The zero-order chi connectivity index (χ0) is 22.2. The summed E-state index contributed by atoms with van der Waals surface area (Å²) in [5.41, 5.74) is 1.83. The monoisotopic (exact) mass is 444 g/mol. The minimum Gasteiger partial charge on any atom is -0.497 e. The SMILES string of the molecule is COc1ccc([C@H](CNC(=O)C(=O)NCc2ccccc2Cl)N2CCN(C)CC2)cc1. The van der Waals surface area contributed by atoms with E-state index in [0.29, 0.717) is 11.6 Å². The van der Waals surface area contributed by atoms with Gasteiger partial charge in [0.15, 0.2) is 0 Å². The Kier molecular flexibility index (Phi) is 8.28. The van der Waals surface area contributed by atoms with E-state index in [0.717, 1.165) is 43.1 Å². The summed E-state index contributed by atoms with van der Waals surface area (Å²) in [6.07, 6.45) is 0. The molecular formula is C23H29ClN4O3. The van der Waals surface area contributed by atoms with Crippen LogP contribution in [0.2, 0.25) is 5.02 Å². The third-order valence-corrected chi connectivity index (χ3v) is 5.91. The molecule has 1 atom stereocenters. The maximum atomic E-state index is 12.4. The van der Waals surface area contributed by atoms with Crippen molar-refractivity contribution in [3.8, 4) is 5.75 Å². The molecule has 0 radical (unpaired) electrons. The molecule has 1 saturated heterocycles. The van der Waals surface area contributed by atoms with Gasteiger partial charge < -0.3 is 20.3 Å². The Morgan fingerprint density at radius 3 is 2.29 bits per heavy atom. The topological polar surface area (TPSA) is 73.9 Å². The summed E-state index contributed by atoms with van der Waals surface area (Å²) < 4.78 is 5.26. The third kappa shape index (κ3) is 6.43. The number of hydrogen-bond acceptors (Lipinski definition) is 5. The molecule has 2 amide bonds. The molecule has 2 N–H and O–H groups in total. The Bertz CT molecular complexity index is 883. The van der Waals surface area contributed by atoms with E-state index in [2.05, 4.69) is 27.5 Å². The first-order valence-electron chi connectivity index (χ1n) is 10.3. The molecule has 0 aliphatic carbocycles. The first kappa shape index (κ1) is 23.1. The molecule has 7 nitrogen and oxygen atoms in total. The lowest BCUT2D eigenvalue weighted by atomic mass is 10.0. The molecule has 0 unspecified atom stereocenters. The summed E-state index contributed by atoms with van der Waals surface area (Å²) in [5, 5.41) is 5.98. The number of rotatable bonds is 7. The molecule has 1 heterocycles. The van der Waals surface area contributed by atoms with Gasteiger partial charge in [-0.2, -0.15) is 0 Å². The molecule has 1 fully saturated rings. The number of halogens is 1. The van der Waals surface area contributed by atoms with E-state index in [1.165, 1.54) is 0 Å². The summed E-state index contributed by atoms with van der Waals surface area (Å²) in [6.45, 7) is 4.24. The van der Waals surface area contributed by atoms with Crippen LogP contribution in [0.1, 0.15) is 17.2 Å². The second-order valence-corrected chi connectivity index (χ2v) is 8.02. The number of carbonyl (C=O) groups is 2. The van der Waals surface area contributed by atoms with Gasteiger partial charge in [0.1, 0.15) is 5.75 Å². The number of likely N-dealkylation sites (N-methyl/N-ethyl adjacent to an activating group) is 1. The zero-order valence-electron chi connectivity index (χ0n) is 17.9. The average molecular weight is 445 g/mol. The van der Waals surface area contributed by atoms with Gasteiger partial charge >= 0.3 is 11.8 Å². The van der Waals surface area contributed by atoms with Crippen molar-refractivity contribution >= 4 is 23.4 Å².